The predicted molar refractivity (Wildman–Crippen MR) is 72.8 cm³/mol. The summed E-state index contributed by atoms with van der Waals surface area (Å²) in [4.78, 5) is 18.1. The Hall–Kier alpha value is -1.92. The van der Waals surface area contributed by atoms with Crippen molar-refractivity contribution in [1.29, 1.82) is 0 Å². The molecule has 1 saturated carbocycles. The van der Waals surface area contributed by atoms with E-state index in [1.807, 2.05) is 6.92 Å². The molecule has 104 valence electrons. The van der Waals surface area contributed by atoms with E-state index in [0.29, 0.717) is 5.92 Å². The monoisotopic (exact) mass is 265 g/mol. The van der Waals surface area contributed by atoms with Crippen molar-refractivity contribution in [3.05, 3.63) is 16.3 Å². The summed E-state index contributed by atoms with van der Waals surface area (Å²) in [6, 6.07) is 0.147. The minimum absolute atomic E-state index is 0.0453. The van der Waals surface area contributed by atoms with E-state index in [2.05, 4.69) is 15.3 Å². The molecule has 0 radical (unpaired) electrons. The van der Waals surface area contributed by atoms with Gasteiger partial charge in [0.05, 0.1) is 4.92 Å². The van der Waals surface area contributed by atoms with E-state index in [1.54, 1.807) is 0 Å². The zero-order chi connectivity index (χ0) is 13.8. The summed E-state index contributed by atoms with van der Waals surface area (Å²) in [5.74, 6) is 0.795. The van der Waals surface area contributed by atoms with Crippen LogP contribution in [-0.4, -0.2) is 20.9 Å². The van der Waals surface area contributed by atoms with E-state index in [9.17, 15) is 10.1 Å². The lowest BCUT2D eigenvalue weighted by atomic mass is 9.84. The van der Waals surface area contributed by atoms with E-state index >= 15 is 0 Å². The number of hydrogen-bond acceptors (Lipinski definition) is 6. The Bertz CT molecular complexity index is 459. The average molecular weight is 265 g/mol. The summed E-state index contributed by atoms with van der Waals surface area (Å²) in [6.45, 7) is 2.04. The third kappa shape index (κ3) is 3.30. The highest BCUT2D eigenvalue weighted by Crippen LogP contribution is 2.29. The van der Waals surface area contributed by atoms with E-state index in [-0.39, 0.29) is 23.5 Å². The molecule has 7 heteroatoms. The normalized spacial score (nSPS) is 17.9. The number of anilines is 2. The first-order valence-electron chi connectivity index (χ1n) is 6.61. The SMILES string of the molecule is CC(Nc1nc(N)ncc1[N+](=O)[O-])C1CCCCC1. The molecular formula is C12H19N5O2. The minimum Gasteiger partial charge on any atom is -0.368 e. The molecule has 2 rings (SSSR count). The zero-order valence-corrected chi connectivity index (χ0v) is 11.0. The lowest BCUT2D eigenvalue weighted by Crippen LogP contribution is -2.28. The van der Waals surface area contributed by atoms with Crippen LogP contribution in [0.3, 0.4) is 0 Å². The molecule has 1 aromatic heterocycles. The maximum Gasteiger partial charge on any atom is 0.329 e. The van der Waals surface area contributed by atoms with Crippen molar-refractivity contribution in [2.24, 2.45) is 5.92 Å². The number of nitrogens with one attached hydrogen (secondary N) is 1. The summed E-state index contributed by atoms with van der Waals surface area (Å²) in [5, 5.41) is 14.1. The predicted octanol–water partition coefficient (Wildman–Crippen LogP) is 2.35. The lowest BCUT2D eigenvalue weighted by molar-refractivity contribution is -0.384. The van der Waals surface area contributed by atoms with Gasteiger partial charge in [0, 0.05) is 6.04 Å². The Balaban J connectivity index is 2.12. The van der Waals surface area contributed by atoms with Gasteiger partial charge in [-0.15, -0.1) is 0 Å². The second-order valence-corrected chi connectivity index (χ2v) is 5.05. The van der Waals surface area contributed by atoms with E-state index < -0.39 is 4.92 Å². The van der Waals surface area contributed by atoms with Crippen molar-refractivity contribution < 1.29 is 4.92 Å². The van der Waals surface area contributed by atoms with Crippen LogP contribution in [-0.2, 0) is 0 Å². The van der Waals surface area contributed by atoms with Crippen molar-refractivity contribution in [2.75, 3.05) is 11.1 Å². The largest absolute Gasteiger partial charge is 0.368 e. The number of rotatable bonds is 4. The summed E-state index contributed by atoms with van der Waals surface area (Å²) in [5.41, 5.74) is 5.37. The topological polar surface area (TPSA) is 107 Å². The maximum atomic E-state index is 10.9. The van der Waals surface area contributed by atoms with Crippen molar-refractivity contribution in [1.82, 2.24) is 9.97 Å². The highest BCUT2D eigenvalue weighted by atomic mass is 16.6. The number of nitrogens with zero attached hydrogens (tertiary/aromatic N) is 3. The summed E-state index contributed by atoms with van der Waals surface area (Å²) in [6.07, 6.45) is 7.20. The van der Waals surface area contributed by atoms with Crippen LogP contribution in [0.1, 0.15) is 39.0 Å². The second-order valence-electron chi connectivity index (χ2n) is 5.05. The zero-order valence-electron chi connectivity index (χ0n) is 11.0. The fourth-order valence-electron chi connectivity index (χ4n) is 2.60. The first kappa shape index (κ1) is 13.5. The quantitative estimate of drug-likeness (QED) is 0.639. The highest BCUT2D eigenvalue weighted by molar-refractivity contribution is 5.56. The molecule has 3 N–H and O–H groups in total. The maximum absolute atomic E-state index is 10.9. The van der Waals surface area contributed by atoms with Crippen LogP contribution in [0.4, 0.5) is 17.5 Å². The molecule has 0 spiro atoms. The molecule has 0 bridgehead atoms. The van der Waals surface area contributed by atoms with Crippen LogP contribution >= 0.6 is 0 Å². The van der Waals surface area contributed by atoms with Gasteiger partial charge in [0.2, 0.25) is 11.8 Å². The van der Waals surface area contributed by atoms with Crippen LogP contribution in [0.2, 0.25) is 0 Å². The Morgan fingerprint density at radius 2 is 2.16 bits per heavy atom. The highest BCUT2D eigenvalue weighted by Gasteiger charge is 2.24. The number of hydrogen-bond donors (Lipinski definition) is 2. The van der Waals surface area contributed by atoms with E-state index in [0.717, 1.165) is 19.0 Å². The Morgan fingerprint density at radius 3 is 2.79 bits per heavy atom. The molecule has 1 unspecified atom stereocenters. The van der Waals surface area contributed by atoms with E-state index in [4.69, 9.17) is 5.73 Å². The molecule has 1 fully saturated rings. The van der Waals surface area contributed by atoms with Crippen molar-refractivity contribution in [3.8, 4) is 0 Å². The third-order valence-electron chi connectivity index (χ3n) is 3.71. The van der Waals surface area contributed by atoms with Crippen molar-refractivity contribution >= 4 is 17.5 Å². The van der Waals surface area contributed by atoms with Crippen LogP contribution in [0.25, 0.3) is 0 Å². The Morgan fingerprint density at radius 1 is 1.47 bits per heavy atom. The molecule has 1 aliphatic rings. The molecule has 0 amide bonds. The summed E-state index contributed by atoms with van der Waals surface area (Å²) >= 11 is 0. The number of nitrogen functional groups attached to an aromatic ring is 1. The summed E-state index contributed by atoms with van der Waals surface area (Å²) in [7, 11) is 0. The molecule has 1 aromatic rings. The van der Waals surface area contributed by atoms with Gasteiger partial charge in [-0.05, 0) is 25.7 Å². The van der Waals surface area contributed by atoms with Gasteiger partial charge in [-0.2, -0.15) is 4.98 Å². The van der Waals surface area contributed by atoms with Gasteiger partial charge in [0.1, 0.15) is 6.20 Å². The van der Waals surface area contributed by atoms with Gasteiger partial charge >= 0.3 is 5.69 Å². The fraction of sp³-hybridized carbons (Fsp3) is 0.667. The lowest BCUT2D eigenvalue weighted by Gasteiger charge is -2.28. The molecule has 0 aliphatic heterocycles. The Labute approximate surface area is 111 Å². The fourth-order valence-corrected chi connectivity index (χ4v) is 2.60. The molecule has 0 saturated heterocycles. The van der Waals surface area contributed by atoms with Gasteiger partial charge in [-0.3, -0.25) is 10.1 Å². The van der Waals surface area contributed by atoms with Crippen LogP contribution < -0.4 is 11.1 Å². The number of nitrogens with two attached hydrogens (primary N) is 1. The number of nitro groups is 1. The molecular weight excluding hydrogens is 246 g/mol. The van der Waals surface area contributed by atoms with Gasteiger partial charge < -0.3 is 11.1 Å². The average Bonchev–Trinajstić information content (AvgIpc) is 2.39. The van der Waals surface area contributed by atoms with Gasteiger partial charge in [-0.1, -0.05) is 19.3 Å². The van der Waals surface area contributed by atoms with Crippen LogP contribution in [0.15, 0.2) is 6.20 Å². The second kappa shape index (κ2) is 5.81. The van der Waals surface area contributed by atoms with Crippen molar-refractivity contribution in [2.45, 2.75) is 45.1 Å². The van der Waals surface area contributed by atoms with Gasteiger partial charge in [-0.25, -0.2) is 4.98 Å². The standard InChI is InChI=1S/C12H19N5O2/c1-8(9-5-3-2-4-6-9)15-11-10(17(18)19)7-14-12(13)16-11/h7-9H,2-6H2,1H3,(H3,13,14,15,16). The van der Waals surface area contributed by atoms with Gasteiger partial charge in [0.25, 0.3) is 0 Å². The first-order valence-corrected chi connectivity index (χ1v) is 6.61. The Kier molecular flexibility index (Phi) is 4.13. The van der Waals surface area contributed by atoms with Crippen LogP contribution in [0, 0.1) is 16.0 Å². The molecule has 0 aromatic carbocycles. The van der Waals surface area contributed by atoms with E-state index in [1.165, 1.54) is 19.3 Å². The molecule has 7 nitrogen and oxygen atoms in total. The molecule has 1 atom stereocenters. The number of aromatic nitrogens is 2. The minimum atomic E-state index is -0.491. The molecule has 1 aliphatic carbocycles. The third-order valence-corrected chi connectivity index (χ3v) is 3.71. The smallest absolute Gasteiger partial charge is 0.329 e. The van der Waals surface area contributed by atoms with Crippen molar-refractivity contribution in [3.63, 3.8) is 0 Å². The molecule has 19 heavy (non-hydrogen) atoms. The summed E-state index contributed by atoms with van der Waals surface area (Å²) < 4.78 is 0. The van der Waals surface area contributed by atoms with Gasteiger partial charge in [0.15, 0.2) is 0 Å². The van der Waals surface area contributed by atoms with Crippen LogP contribution in [0.5, 0.6) is 0 Å². The molecule has 1 heterocycles. The first-order chi connectivity index (χ1) is 9.08.